The van der Waals surface area contributed by atoms with E-state index < -0.39 is 10.0 Å². The summed E-state index contributed by atoms with van der Waals surface area (Å²) in [7, 11) is -3.75. The second-order valence-electron chi connectivity index (χ2n) is 8.03. The molecule has 0 bridgehead atoms. The van der Waals surface area contributed by atoms with Gasteiger partial charge in [0.05, 0.1) is 17.1 Å². The lowest BCUT2D eigenvalue weighted by Crippen LogP contribution is -2.37. The third-order valence-corrected chi connectivity index (χ3v) is 6.97. The van der Waals surface area contributed by atoms with Gasteiger partial charge >= 0.3 is 0 Å². The molecule has 166 valence electrons. The number of carbonyl (C=O) groups is 2. The molecule has 1 aliphatic rings. The zero-order valence-corrected chi connectivity index (χ0v) is 18.7. The molecule has 0 aliphatic heterocycles. The van der Waals surface area contributed by atoms with Gasteiger partial charge < -0.3 is 10.6 Å². The number of carbonyl (C=O) groups excluding carboxylic acids is 2. The first kappa shape index (κ1) is 22.8. The number of hydrogen-bond acceptors (Lipinski definition) is 4. The zero-order chi connectivity index (χ0) is 22.4. The second-order valence-corrected chi connectivity index (χ2v) is 9.72. The van der Waals surface area contributed by atoms with E-state index >= 15 is 0 Å². The minimum atomic E-state index is -3.75. The van der Waals surface area contributed by atoms with Gasteiger partial charge in [-0.15, -0.1) is 0 Å². The van der Waals surface area contributed by atoms with Crippen molar-refractivity contribution < 1.29 is 18.0 Å². The molecule has 7 nitrogen and oxygen atoms in total. The first-order valence-corrected chi connectivity index (χ1v) is 12.0. The number of hydrogen-bond donors (Lipinski definition) is 3. The number of sulfonamides is 1. The molecule has 0 atom stereocenters. The van der Waals surface area contributed by atoms with Gasteiger partial charge in [0, 0.05) is 11.6 Å². The van der Waals surface area contributed by atoms with Crippen molar-refractivity contribution in [2.24, 2.45) is 5.92 Å². The first-order chi connectivity index (χ1) is 14.7. The predicted molar refractivity (Wildman–Crippen MR) is 121 cm³/mol. The highest BCUT2D eigenvalue weighted by Crippen LogP contribution is 2.24. The third-order valence-electron chi connectivity index (χ3n) is 5.59. The van der Waals surface area contributed by atoms with E-state index in [1.54, 1.807) is 42.5 Å². The van der Waals surface area contributed by atoms with E-state index in [1.165, 1.54) is 0 Å². The lowest BCUT2D eigenvalue weighted by Gasteiger charge is -2.20. The van der Waals surface area contributed by atoms with E-state index in [1.807, 2.05) is 13.8 Å². The van der Waals surface area contributed by atoms with E-state index in [4.69, 9.17) is 0 Å². The largest absolute Gasteiger partial charge is 0.347 e. The Morgan fingerprint density at radius 3 is 2.35 bits per heavy atom. The number of nitrogens with one attached hydrogen (secondary N) is 3. The molecule has 31 heavy (non-hydrogen) atoms. The maximum absolute atomic E-state index is 12.7. The Labute approximate surface area is 183 Å². The average molecular weight is 444 g/mol. The van der Waals surface area contributed by atoms with Gasteiger partial charge in [0.2, 0.25) is 11.8 Å². The fourth-order valence-corrected chi connectivity index (χ4v) is 4.77. The highest BCUT2D eigenvalue weighted by molar-refractivity contribution is 7.92. The first-order valence-electron chi connectivity index (χ1n) is 10.5. The molecular weight excluding hydrogens is 414 g/mol. The molecule has 2 aromatic rings. The van der Waals surface area contributed by atoms with E-state index in [2.05, 4.69) is 15.4 Å². The van der Waals surface area contributed by atoms with Gasteiger partial charge in [-0.2, -0.15) is 0 Å². The van der Waals surface area contributed by atoms with E-state index in [0.717, 1.165) is 43.2 Å². The fraction of sp³-hybridized carbons (Fsp3) is 0.391. The van der Waals surface area contributed by atoms with E-state index in [0.29, 0.717) is 11.4 Å². The van der Waals surface area contributed by atoms with Gasteiger partial charge in [-0.05, 0) is 68.1 Å². The number of rotatable bonds is 7. The molecule has 1 aliphatic carbocycles. The number of aryl methyl sites for hydroxylation is 2. The average Bonchev–Trinajstić information content (AvgIpc) is 2.74. The van der Waals surface area contributed by atoms with Gasteiger partial charge in [0.1, 0.15) is 0 Å². The van der Waals surface area contributed by atoms with Crippen molar-refractivity contribution in [1.82, 2.24) is 5.32 Å². The van der Waals surface area contributed by atoms with Crippen LogP contribution in [0.15, 0.2) is 47.4 Å². The Kier molecular flexibility index (Phi) is 7.33. The molecule has 0 heterocycles. The van der Waals surface area contributed by atoms with Gasteiger partial charge in [-0.25, -0.2) is 8.42 Å². The normalized spacial score (nSPS) is 14.6. The summed E-state index contributed by atoms with van der Waals surface area (Å²) in [5.74, 6) is -0.451. The molecule has 0 aromatic heterocycles. The summed E-state index contributed by atoms with van der Waals surface area (Å²) in [6.45, 7) is 3.66. The molecule has 0 radical (unpaired) electrons. The van der Waals surface area contributed by atoms with Crippen LogP contribution in [-0.2, 0) is 19.6 Å². The summed E-state index contributed by atoms with van der Waals surface area (Å²) < 4.78 is 27.9. The zero-order valence-electron chi connectivity index (χ0n) is 17.9. The van der Waals surface area contributed by atoms with Crippen molar-refractivity contribution in [2.75, 3.05) is 16.6 Å². The summed E-state index contributed by atoms with van der Waals surface area (Å²) in [4.78, 5) is 24.6. The standard InChI is InChI=1S/C23H29N3O4S/c1-16-11-12-21(13-17(16)2)31(29,30)26-20-10-6-9-19(14-20)25-22(27)15-24-23(28)18-7-4-3-5-8-18/h6,9-14,18,26H,3-5,7-8,15H2,1-2H3,(H,24,28)(H,25,27). The lowest BCUT2D eigenvalue weighted by molar-refractivity contribution is -0.128. The van der Waals surface area contributed by atoms with E-state index in [-0.39, 0.29) is 29.2 Å². The van der Waals surface area contributed by atoms with Crippen LogP contribution in [0, 0.1) is 19.8 Å². The van der Waals surface area contributed by atoms with Crippen molar-refractivity contribution in [1.29, 1.82) is 0 Å². The van der Waals surface area contributed by atoms with Crippen LogP contribution >= 0.6 is 0 Å². The lowest BCUT2D eigenvalue weighted by atomic mass is 9.89. The summed E-state index contributed by atoms with van der Waals surface area (Å²) in [6, 6.07) is 11.4. The molecule has 2 aromatic carbocycles. The third kappa shape index (κ3) is 6.30. The highest BCUT2D eigenvalue weighted by atomic mass is 32.2. The summed E-state index contributed by atoms with van der Waals surface area (Å²) in [5.41, 5.74) is 2.68. The molecule has 8 heteroatoms. The van der Waals surface area contributed by atoms with Gasteiger partial charge in [0.25, 0.3) is 10.0 Å². The molecule has 0 saturated heterocycles. The molecule has 2 amide bonds. The highest BCUT2D eigenvalue weighted by Gasteiger charge is 2.21. The van der Waals surface area contributed by atoms with Crippen molar-refractivity contribution in [3.63, 3.8) is 0 Å². The van der Waals surface area contributed by atoms with Crippen LogP contribution in [0.3, 0.4) is 0 Å². The number of benzene rings is 2. The fourth-order valence-electron chi connectivity index (χ4n) is 3.64. The minimum absolute atomic E-state index is 0.00954. The van der Waals surface area contributed by atoms with Crippen molar-refractivity contribution in [3.8, 4) is 0 Å². The molecule has 0 spiro atoms. The van der Waals surface area contributed by atoms with Crippen molar-refractivity contribution in [3.05, 3.63) is 53.6 Å². The van der Waals surface area contributed by atoms with Gasteiger partial charge in [-0.3, -0.25) is 14.3 Å². The van der Waals surface area contributed by atoms with Crippen LogP contribution in [0.25, 0.3) is 0 Å². The maximum Gasteiger partial charge on any atom is 0.261 e. The maximum atomic E-state index is 12.7. The van der Waals surface area contributed by atoms with E-state index in [9.17, 15) is 18.0 Å². The smallest absolute Gasteiger partial charge is 0.261 e. The van der Waals surface area contributed by atoms with Crippen LogP contribution in [0.4, 0.5) is 11.4 Å². The summed E-state index contributed by atoms with van der Waals surface area (Å²) in [5, 5.41) is 5.39. The molecule has 1 fully saturated rings. The quantitative estimate of drug-likeness (QED) is 0.606. The van der Waals surface area contributed by atoms with Crippen LogP contribution in [-0.4, -0.2) is 26.8 Å². The number of anilines is 2. The minimum Gasteiger partial charge on any atom is -0.347 e. The second kappa shape index (κ2) is 9.96. The SMILES string of the molecule is Cc1ccc(S(=O)(=O)Nc2cccc(NC(=O)CNC(=O)C3CCCCC3)c2)cc1C. The Bertz CT molecular complexity index is 1060. The van der Waals surface area contributed by atoms with Crippen LogP contribution in [0.1, 0.15) is 43.2 Å². The molecule has 3 N–H and O–H groups in total. The number of amides is 2. The Morgan fingerprint density at radius 2 is 1.65 bits per heavy atom. The predicted octanol–water partition coefficient (Wildman–Crippen LogP) is 3.74. The van der Waals surface area contributed by atoms with Crippen LogP contribution in [0.2, 0.25) is 0 Å². The Morgan fingerprint density at radius 1 is 0.935 bits per heavy atom. The molecular formula is C23H29N3O4S. The van der Waals surface area contributed by atoms with Crippen LogP contribution < -0.4 is 15.4 Å². The van der Waals surface area contributed by atoms with Gasteiger partial charge in [0.15, 0.2) is 0 Å². The Balaban J connectivity index is 1.58. The Hall–Kier alpha value is -2.87. The summed E-state index contributed by atoms with van der Waals surface area (Å²) >= 11 is 0. The molecule has 1 saturated carbocycles. The topological polar surface area (TPSA) is 104 Å². The summed E-state index contributed by atoms with van der Waals surface area (Å²) in [6.07, 6.45) is 5.00. The van der Waals surface area contributed by atoms with Crippen LogP contribution in [0.5, 0.6) is 0 Å². The molecule has 0 unspecified atom stereocenters. The molecule has 3 rings (SSSR count). The monoisotopic (exact) mass is 443 g/mol. The van der Waals surface area contributed by atoms with Gasteiger partial charge in [-0.1, -0.05) is 31.4 Å². The van der Waals surface area contributed by atoms with Crippen molar-refractivity contribution in [2.45, 2.75) is 50.8 Å². The van der Waals surface area contributed by atoms with Crippen molar-refractivity contribution >= 4 is 33.2 Å².